The molecule has 0 aromatic rings. The van der Waals surface area contributed by atoms with Gasteiger partial charge < -0.3 is 21.1 Å². The molecule has 1 rings (SSSR count). The molecule has 0 saturated carbocycles. The van der Waals surface area contributed by atoms with Crippen molar-refractivity contribution in [1.29, 1.82) is 0 Å². The summed E-state index contributed by atoms with van der Waals surface area (Å²) < 4.78 is 0. The van der Waals surface area contributed by atoms with Crippen molar-refractivity contribution in [1.82, 2.24) is 10.2 Å². The second-order valence-electron chi connectivity index (χ2n) is 5.29. The van der Waals surface area contributed by atoms with Crippen molar-refractivity contribution in [2.75, 3.05) is 26.2 Å². The number of likely N-dealkylation sites (tertiary alicyclic amines) is 1. The van der Waals surface area contributed by atoms with E-state index in [9.17, 15) is 14.7 Å². The van der Waals surface area contributed by atoms with Gasteiger partial charge in [-0.3, -0.25) is 4.79 Å². The van der Waals surface area contributed by atoms with Crippen molar-refractivity contribution in [2.45, 2.75) is 33.1 Å². The second-order valence-corrected chi connectivity index (χ2v) is 5.29. The molecule has 0 aliphatic carbocycles. The maximum atomic E-state index is 12.0. The fourth-order valence-corrected chi connectivity index (χ4v) is 2.44. The van der Waals surface area contributed by atoms with E-state index in [1.165, 1.54) is 0 Å². The lowest BCUT2D eigenvalue weighted by Gasteiger charge is -2.28. The molecular formula is C13H25N3O3. The summed E-state index contributed by atoms with van der Waals surface area (Å²) >= 11 is 0. The maximum absolute atomic E-state index is 12.0. The lowest BCUT2D eigenvalue weighted by atomic mass is 9.82. The number of carbonyl (C=O) groups is 2. The third-order valence-corrected chi connectivity index (χ3v) is 4.29. The summed E-state index contributed by atoms with van der Waals surface area (Å²) in [5.41, 5.74) is 4.73. The Hall–Kier alpha value is -1.30. The summed E-state index contributed by atoms with van der Waals surface area (Å²) in [6.45, 7) is 5.81. The van der Waals surface area contributed by atoms with Crippen molar-refractivity contribution in [2.24, 2.45) is 17.1 Å². The summed E-state index contributed by atoms with van der Waals surface area (Å²) in [5.74, 6) is -0.480. The van der Waals surface area contributed by atoms with Crippen LogP contribution in [0.4, 0.5) is 4.79 Å². The molecule has 1 unspecified atom stereocenters. The molecule has 19 heavy (non-hydrogen) atoms. The number of hydrogen-bond acceptors (Lipinski definition) is 3. The van der Waals surface area contributed by atoms with Gasteiger partial charge in [-0.2, -0.15) is 0 Å². The highest BCUT2D eigenvalue weighted by atomic mass is 16.4. The molecule has 1 aliphatic rings. The van der Waals surface area contributed by atoms with Crippen LogP contribution in [0.25, 0.3) is 0 Å². The largest absolute Gasteiger partial charge is 0.481 e. The second kappa shape index (κ2) is 6.75. The van der Waals surface area contributed by atoms with Crippen LogP contribution in [0.2, 0.25) is 0 Å². The van der Waals surface area contributed by atoms with Gasteiger partial charge in [0.2, 0.25) is 0 Å². The Kier molecular flexibility index (Phi) is 5.60. The first kappa shape index (κ1) is 15.8. The van der Waals surface area contributed by atoms with Gasteiger partial charge in [-0.15, -0.1) is 0 Å². The van der Waals surface area contributed by atoms with E-state index in [-0.39, 0.29) is 12.6 Å². The highest BCUT2D eigenvalue weighted by molar-refractivity contribution is 5.78. The zero-order valence-electron chi connectivity index (χ0n) is 11.8. The van der Waals surface area contributed by atoms with Gasteiger partial charge in [0.1, 0.15) is 0 Å². The lowest BCUT2D eigenvalue weighted by molar-refractivity contribution is -0.149. The van der Waals surface area contributed by atoms with Gasteiger partial charge in [-0.05, 0) is 31.7 Å². The summed E-state index contributed by atoms with van der Waals surface area (Å²) in [4.78, 5) is 25.0. The van der Waals surface area contributed by atoms with Gasteiger partial charge in [0, 0.05) is 19.6 Å². The summed E-state index contributed by atoms with van der Waals surface area (Å²) in [7, 11) is 0. The molecule has 4 N–H and O–H groups in total. The van der Waals surface area contributed by atoms with E-state index in [1.807, 2.05) is 13.8 Å². The quantitative estimate of drug-likeness (QED) is 0.668. The van der Waals surface area contributed by atoms with E-state index in [4.69, 9.17) is 5.73 Å². The third-order valence-electron chi connectivity index (χ3n) is 4.29. The van der Waals surface area contributed by atoms with Crippen LogP contribution in [-0.4, -0.2) is 48.2 Å². The number of carboxylic acid groups (broad SMARTS) is 1. The van der Waals surface area contributed by atoms with Gasteiger partial charge >= 0.3 is 12.0 Å². The predicted octanol–water partition coefficient (Wildman–Crippen LogP) is 0.868. The Morgan fingerprint density at radius 2 is 2.05 bits per heavy atom. The number of aliphatic carboxylic acids is 1. The average Bonchev–Trinajstić information content (AvgIpc) is 2.88. The Morgan fingerprint density at radius 1 is 1.42 bits per heavy atom. The van der Waals surface area contributed by atoms with E-state index in [0.717, 1.165) is 6.42 Å². The zero-order chi connectivity index (χ0) is 14.5. The Bertz CT molecular complexity index is 329. The molecule has 0 aromatic carbocycles. The SMILES string of the molecule is CCC(CC)(CNC(=O)N1CCC(CN)C1)C(=O)O. The van der Waals surface area contributed by atoms with Crippen LogP contribution in [0, 0.1) is 11.3 Å². The van der Waals surface area contributed by atoms with E-state index in [0.29, 0.717) is 38.4 Å². The Morgan fingerprint density at radius 3 is 2.47 bits per heavy atom. The minimum atomic E-state index is -0.858. The third kappa shape index (κ3) is 3.59. The fourth-order valence-electron chi connectivity index (χ4n) is 2.44. The highest BCUT2D eigenvalue weighted by Gasteiger charge is 2.36. The topological polar surface area (TPSA) is 95.7 Å². The molecule has 110 valence electrons. The number of nitrogens with one attached hydrogen (secondary N) is 1. The van der Waals surface area contributed by atoms with Crippen molar-refractivity contribution >= 4 is 12.0 Å². The first-order chi connectivity index (χ1) is 8.99. The van der Waals surface area contributed by atoms with E-state index in [1.54, 1.807) is 4.90 Å². The minimum absolute atomic E-state index is 0.177. The highest BCUT2D eigenvalue weighted by Crippen LogP contribution is 2.26. The molecule has 6 nitrogen and oxygen atoms in total. The number of nitrogens with zero attached hydrogens (tertiary/aromatic N) is 1. The summed E-state index contributed by atoms with van der Waals surface area (Å²) in [5, 5.41) is 12.1. The van der Waals surface area contributed by atoms with Crippen molar-refractivity contribution in [3.63, 3.8) is 0 Å². The Balaban J connectivity index is 2.51. The summed E-state index contributed by atoms with van der Waals surface area (Å²) in [6, 6.07) is -0.177. The van der Waals surface area contributed by atoms with Crippen molar-refractivity contribution in [3.8, 4) is 0 Å². The molecule has 0 bridgehead atoms. The summed E-state index contributed by atoms with van der Waals surface area (Å²) in [6.07, 6.45) is 1.94. The van der Waals surface area contributed by atoms with Gasteiger partial charge in [-0.1, -0.05) is 13.8 Å². The zero-order valence-corrected chi connectivity index (χ0v) is 11.8. The fraction of sp³-hybridized carbons (Fsp3) is 0.846. The number of nitrogens with two attached hydrogens (primary N) is 1. The normalized spacial score (nSPS) is 19.5. The maximum Gasteiger partial charge on any atom is 0.317 e. The van der Waals surface area contributed by atoms with E-state index < -0.39 is 11.4 Å². The minimum Gasteiger partial charge on any atom is -0.481 e. The van der Waals surface area contributed by atoms with E-state index >= 15 is 0 Å². The number of rotatable bonds is 6. The molecule has 1 saturated heterocycles. The van der Waals surface area contributed by atoms with Crippen LogP contribution < -0.4 is 11.1 Å². The van der Waals surface area contributed by atoms with E-state index in [2.05, 4.69) is 5.32 Å². The number of carboxylic acids is 1. The molecule has 0 aromatic heterocycles. The molecular weight excluding hydrogens is 246 g/mol. The molecule has 1 aliphatic heterocycles. The van der Waals surface area contributed by atoms with Crippen molar-refractivity contribution in [3.05, 3.63) is 0 Å². The molecule has 6 heteroatoms. The van der Waals surface area contributed by atoms with Crippen LogP contribution in [0.1, 0.15) is 33.1 Å². The lowest BCUT2D eigenvalue weighted by Crippen LogP contribution is -2.46. The van der Waals surface area contributed by atoms with Gasteiger partial charge in [0.15, 0.2) is 0 Å². The average molecular weight is 271 g/mol. The first-order valence-corrected chi connectivity index (χ1v) is 6.95. The van der Waals surface area contributed by atoms with Crippen LogP contribution in [0.15, 0.2) is 0 Å². The van der Waals surface area contributed by atoms with Crippen LogP contribution >= 0.6 is 0 Å². The number of amides is 2. The number of urea groups is 1. The smallest absolute Gasteiger partial charge is 0.317 e. The first-order valence-electron chi connectivity index (χ1n) is 6.95. The molecule has 1 heterocycles. The van der Waals surface area contributed by atoms with Crippen LogP contribution in [0.3, 0.4) is 0 Å². The van der Waals surface area contributed by atoms with Crippen LogP contribution in [0.5, 0.6) is 0 Å². The predicted molar refractivity (Wildman–Crippen MR) is 72.8 cm³/mol. The number of carbonyl (C=O) groups excluding carboxylic acids is 1. The van der Waals surface area contributed by atoms with Gasteiger partial charge in [0.05, 0.1) is 5.41 Å². The molecule has 2 amide bonds. The Labute approximate surface area is 114 Å². The van der Waals surface area contributed by atoms with Crippen LogP contribution in [-0.2, 0) is 4.79 Å². The standard InChI is InChI=1S/C13H25N3O3/c1-3-13(4-2,11(17)18)9-15-12(19)16-6-5-10(7-14)8-16/h10H,3-9,14H2,1-2H3,(H,15,19)(H,17,18). The monoisotopic (exact) mass is 271 g/mol. The molecule has 0 radical (unpaired) electrons. The molecule has 1 atom stereocenters. The molecule has 0 spiro atoms. The van der Waals surface area contributed by atoms with Gasteiger partial charge in [0.25, 0.3) is 0 Å². The number of hydrogen-bond donors (Lipinski definition) is 3. The van der Waals surface area contributed by atoms with Crippen molar-refractivity contribution < 1.29 is 14.7 Å². The molecule has 1 fully saturated rings. The van der Waals surface area contributed by atoms with Gasteiger partial charge in [-0.25, -0.2) is 4.79 Å².